The number of nitrogens with zero attached hydrogens (tertiary/aromatic N) is 1. The molecule has 0 saturated carbocycles. The summed E-state index contributed by atoms with van der Waals surface area (Å²) >= 11 is 0. The number of methoxy groups -OCH3 is 1. The summed E-state index contributed by atoms with van der Waals surface area (Å²) in [7, 11) is 1.65. The van der Waals surface area contributed by atoms with Crippen LogP contribution in [-0.4, -0.2) is 49.2 Å². The Kier molecular flexibility index (Phi) is 4.00. The van der Waals surface area contributed by atoms with E-state index < -0.39 is 0 Å². The van der Waals surface area contributed by atoms with Crippen molar-refractivity contribution in [2.45, 2.75) is 37.8 Å². The molecule has 4 nitrogen and oxygen atoms in total. The Morgan fingerprint density at radius 1 is 1.38 bits per heavy atom. The lowest BCUT2D eigenvalue weighted by molar-refractivity contribution is -0.144. The number of fused-ring (bicyclic) bond motifs is 1. The first-order valence-electron chi connectivity index (χ1n) is 7.76. The van der Waals surface area contributed by atoms with Crippen LogP contribution >= 0.6 is 0 Å². The molecule has 1 unspecified atom stereocenters. The molecule has 1 heterocycles. The molecule has 1 saturated heterocycles. The van der Waals surface area contributed by atoms with Gasteiger partial charge in [-0.05, 0) is 37.3 Å². The third-order valence-corrected chi connectivity index (χ3v) is 5.02. The largest absolute Gasteiger partial charge is 0.383 e. The quantitative estimate of drug-likeness (QED) is 0.832. The molecule has 0 spiro atoms. The molecule has 0 bridgehead atoms. The summed E-state index contributed by atoms with van der Waals surface area (Å²) in [6, 6.07) is 9.10. The standard InChI is InChI=1S/C17H24N2O2/c1-17(16(20)18-8-10-21-2)7-9-19(17)15-11-13-5-3-4-6-14(13)12-15/h3-6,15H,7-12H2,1-2H3,(H,18,20). The molecule has 1 atom stereocenters. The lowest BCUT2D eigenvalue weighted by atomic mass is 9.83. The Bertz CT molecular complexity index is 506. The van der Waals surface area contributed by atoms with Crippen molar-refractivity contribution in [3.8, 4) is 0 Å². The van der Waals surface area contributed by atoms with Crippen LogP contribution in [0.25, 0.3) is 0 Å². The maximum absolute atomic E-state index is 12.5. The van der Waals surface area contributed by atoms with E-state index in [2.05, 4.69) is 41.4 Å². The van der Waals surface area contributed by atoms with E-state index in [0.717, 1.165) is 25.8 Å². The molecule has 1 amide bonds. The molecular formula is C17H24N2O2. The third kappa shape index (κ3) is 2.58. The second-order valence-corrected chi connectivity index (χ2v) is 6.30. The minimum absolute atomic E-state index is 0.141. The van der Waals surface area contributed by atoms with Crippen molar-refractivity contribution in [1.29, 1.82) is 0 Å². The van der Waals surface area contributed by atoms with E-state index in [1.807, 2.05) is 0 Å². The van der Waals surface area contributed by atoms with Crippen molar-refractivity contribution in [3.05, 3.63) is 35.4 Å². The van der Waals surface area contributed by atoms with Crippen LogP contribution in [0.15, 0.2) is 24.3 Å². The maximum Gasteiger partial charge on any atom is 0.240 e. The van der Waals surface area contributed by atoms with Crippen molar-refractivity contribution in [1.82, 2.24) is 10.2 Å². The molecule has 1 fully saturated rings. The molecule has 0 aromatic heterocycles. The van der Waals surface area contributed by atoms with Gasteiger partial charge in [-0.15, -0.1) is 0 Å². The molecule has 1 aliphatic carbocycles. The highest BCUT2D eigenvalue weighted by Gasteiger charge is 2.50. The second-order valence-electron chi connectivity index (χ2n) is 6.30. The molecule has 0 radical (unpaired) electrons. The molecule has 2 aliphatic rings. The lowest BCUT2D eigenvalue weighted by Crippen LogP contribution is -2.68. The predicted octanol–water partition coefficient (Wildman–Crippen LogP) is 1.38. The van der Waals surface area contributed by atoms with Gasteiger partial charge in [-0.1, -0.05) is 24.3 Å². The summed E-state index contributed by atoms with van der Waals surface area (Å²) in [6.07, 6.45) is 3.08. The first-order chi connectivity index (χ1) is 10.1. The van der Waals surface area contributed by atoms with Crippen LogP contribution in [0.4, 0.5) is 0 Å². The van der Waals surface area contributed by atoms with Gasteiger partial charge in [0.1, 0.15) is 0 Å². The normalized spacial score (nSPS) is 25.4. The number of amides is 1. The second kappa shape index (κ2) is 5.78. The van der Waals surface area contributed by atoms with Gasteiger partial charge >= 0.3 is 0 Å². The minimum Gasteiger partial charge on any atom is -0.383 e. The lowest BCUT2D eigenvalue weighted by Gasteiger charge is -2.52. The topological polar surface area (TPSA) is 41.6 Å². The van der Waals surface area contributed by atoms with Gasteiger partial charge in [0.15, 0.2) is 0 Å². The average Bonchev–Trinajstić information content (AvgIpc) is 2.88. The van der Waals surface area contributed by atoms with Crippen LogP contribution in [0.1, 0.15) is 24.5 Å². The number of rotatable bonds is 5. The fourth-order valence-corrected chi connectivity index (χ4v) is 3.62. The van der Waals surface area contributed by atoms with E-state index in [1.54, 1.807) is 7.11 Å². The molecule has 1 aromatic carbocycles. The van der Waals surface area contributed by atoms with E-state index in [4.69, 9.17) is 4.74 Å². The Balaban J connectivity index is 1.63. The van der Waals surface area contributed by atoms with Gasteiger partial charge in [0.05, 0.1) is 12.1 Å². The predicted molar refractivity (Wildman–Crippen MR) is 82.3 cm³/mol. The van der Waals surface area contributed by atoms with Gasteiger partial charge in [-0.2, -0.15) is 0 Å². The maximum atomic E-state index is 12.5. The minimum atomic E-state index is -0.347. The van der Waals surface area contributed by atoms with Crippen LogP contribution in [0.3, 0.4) is 0 Å². The van der Waals surface area contributed by atoms with E-state index in [-0.39, 0.29) is 11.4 Å². The highest BCUT2D eigenvalue weighted by atomic mass is 16.5. The Morgan fingerprint density at radius 3 is 2.57 bits per heavy atom. The van der Waals surface area contributed by atoms with Crippen molar-refractivity contribution in [2.24, 2.45) is 0 Å². The van der Waals surface area contributed by atoms with Crippen LogP contribution in [0.2, 0.25) is 0 Å². The van der Waals surface area contributed by atoms with Crippen LogP contribution in [0, 0.1) is 0 Å². The van der Waals surface area contributed by atoms with Crippen molar-refractivity contribution in [3.63, 3.8) is 0 Å². The van der Waals surface area contributed by atoms with Gasteiger partial charge in [0.25, 0.3) is 0 Å². The van der Waals surface area contributed by atoms with Gasteiger partial charge in [-0.25, -0.2) is 0 Å². The van der Waals surface area contributed by atoms with Gasteiger partial charge < -0.3 is 10.1 Å². The molecular weight excluding hydrogens is 264 g/mol. The number of hydrogen-bond donors (Lipinski definition) is 1. The first kappa shape index (κ1) is 14.5. The SMILES string of the molecule is COCCNC(=O)C1(C)CCN1C1Cc2ccccc2C1. The van der Waals surface area contributed by atoms with Crippen molar-refractivity contribution < 1.29 is 9.53 Å². The summed E-state index contributed by atoms with van der Waals surface area (Å²) in [6.45, 7) is 4.24. The number of likely N-dealkylation sites (tertiary alicyclic amines) is 1. The molecule has 21 heavy (non-hydrogen) atoms. The van der Waals surface area contributed by atoms with Gasteiger partial charge in [-0.3, -0.25) is 9.69 Å². The fourth-order valence-electron chi connectivity index (χ4n) is 3.62. The van der Waals surface area contributed by atoms with Gasteiger partial charge in [0.2, 0.25) is 5.91 Å². The van der Waals surface area contributed by atoms with E-state index in [0.29, 0.717) is 19.2 Å². The zero-order valence-electron chi connectivity index (χ0n) is 12.9. The number of nitrogens with one attached hydrogen (secondary N) is 1. The average molecular weight is 288 g/mol. The highest BCUT2D eigenvalue weighted by molar-refractivity contribution is 5.87. The number of benzene rings is 1. The van der Waals surface area contributed by atoms with E-state index >= 15 is 0 Å². The Morgan fingerprint density at radius 2 is 2.05 bits per heavy atom. The summed E-state index contributed by atoms with van der Waals surface area (Å²) in [5, 5.41) is 3.00. The summed E-state index contributed by atoms with van der Waals surface area (Å²) in [5.74, 6) is 0.141. The van der Waals surface area contributed by atoms with Crippen molar-refractivity contribution >= 4 is 5.91 Å². The Hall–Kier alpha value is -1.39. The number of carbonyl (C=O) groups excluding carboxylic acids is 1. The summed E-state index contributed by atoms with van der Waals surface area (Å²) in [4.78, 5) is 14.8. The zero-order chi connectivity index (χ0) is 14.9. The van der Waals surface area contributed by atoms with E-state index in [1.165, 1.54) is 11.1 Å². The molecule has 4 heteroatoms. The fraction of sp³-hybridized carbons (Fsp3) is 0.588. The first-order valence-corrected chi connectivity index (χ1v) is 7.76. The third-order valence-electron chi connectivity index (χ3n) is 5.02. The summed E-state index contributed by atoms with van der Waals surface area (Å²) < 4.78 is 5.00. The highest BCUT2D eigenvalue weighted by Crippen LogP contribution is 2.37. The number of ether oxygens (including phenoxy) is 1. The molecule has 1 N–H and O–H groups in total. The Labute approximate surface area is 126 Å². The van der Waals surface area contributed by atoms with Crippen LogP contribution in [-0.2, 0) is 22.4 Å². The van der Waals surface area contributed by atoms with E-state index in [9.17, 15) is 4.79 Å². The van der Waals surface area contributed by atoms with Crippen LogP contribution < -0.4 is 5.32 Å². The zero-order valence-corrected chi connectivity index (χ0v) is 12.9. The summed E-state index contributed by atoms with van der Waals surface area (Å²) in [5.41, 5.74) is 2.54. The molecule has 3 rings (SSSR count). The van der Waals surface area contributed by atoms with Crippen molar-refractivity contribution in [2.75, 3.05) is 26.8 Å². The van der Waals surface area contributed by atoms with Gasteiger partial charge in [0, 0.05) is 26.2 Å². The number of hydrogen-bond acceptors (Lipinski definition) is 3. The molecule has 1 aromatic rings. The monoisotopic (exact) mass is 288 g/mol. The molecule has 114 valence electrons. The smallest absolute Gasteiger partial charge is 0.240 e. The van der Waals surface area contributed by atoms with Crippen LogP contribution in [0.5, 0.6) is 0 Å². The number of carbonyl (C=O) groups is 1. The molecule has 1 aliphatic heterocycles.